The highest BCUT2D eigenvalue weighted by Gasteiger charge is 2.22. The molecule has 2 fully saturated rings. The molecule has 2 aliphatic heterocycles. The minimum Gasteiger partial charge on any atom is -0.497 e. The van der Waals surface area contributed by atoms with Gasteiger partial charge < -0.3 is 19.1 Å². The van der Waals surface area contributed by atoms with Gasteiger partial charge in [0.15, 0.2) is 0 Å². The fourth-order valence-corrected chi connectivity index (χ4v) is 7.19. The van der Waals surface area contributed by atoms with Crippen LogP contribution < -0.4 is 14.4 Å². The first kappa shape index (κ1) is 28.9. The van der Waals surface area contributed by atoms with E-state index in [4.69, 9.17) is 19.2 Å². The van der Waals surface area contributed by atoms with Crippen molar-refractivity contribution in [1.82, 2.24) is 19.5 Å². The molecule has 1 aromatic carbocycles. The number of morpholine rings is 1. The van der Waals surface area contributed by atoms with Gasteiger partial charge in [0.1, 0.15) is 30.0 Å². The summed E-state index contributed by atoms with van der Waals surface area (Å²) in [5, 5.41) is 14.1. The number of hydrogen-bond acceptors (Lipinski definition) is 10. The van der Waals surface area contributed by atoms with Crippen molar-refractivity contribution in [3.05, 3.63) is 72.2 Å². The average molecular weight is 602 g/mol. The number of nitriles is 1. The number of ether oxygens (including phenoxy) is 3. The third-order valence-electron chi connectivity index (χ3n) is 7.87. The zero-order chi connectivity index (χ0) is 29.6. The van der Waals surface area contributed by atoms with Crippen LogP contribution in [0, 0.1) is 11.3 Å². The smallest absolute Gasteiger partial charge is 0.138 e. The predicted octanol–water partition coefficient (Wildman–Crippen LogP) is 3.48. The summed E-state index contributed by atoms with van der Waals surface area (Å²) in [4.78, 5) is 9.22. The van der Waals surface area contributed by atoms with Gasteiger partial charge in [-0.2, -0.15) is 10.4 Å². The Labute approximate surface area is 251 Å². The SMILES string of the molecule is COc1ccc(CN=S2(=O)CCN(c3ccc(-c4cc(OCCN5CCOCC5)cn5ncc(C#N)c45)cn3)CC2)cc1. The maximum Gasteiger partial charge on any atom is 0.138 e. The van der Waals surface area contributed by atoms with Gasteiger partial charge in [0, 0.05) is 61.6 Å². The lowest BCUT2D eigenvalue weighted by molar-refractivity contribution is 0.0322. The molecule has 0 radical (unpaired) electrons. The Balaban J connectivity index is 1.14. The predicted molar refractivity (Wildman–Crippen MR) is 165 cm³/mol. The van der Waals surface area contributed by atoms with Crippen LogP contribution >= 0.6 is 0 Å². The van der Waals surface area contributed by atoms with Gasteiger partial charge in [-0.25, -0.2) is 18.1 Å². The number of rotatable bonds is 9. The summed E-state index contributed by atoms with van der Waals surface area (Å²) >= 11 is 0. The first-order chi connectivity index (χ1) is 21.0. The second kappa shape index (κ2) is 13.0. The summed E-state index contributed by atoms with van der Waals surface area (Å²) in [7, 11) is -0.644. The Hall–Kier alpha value is -4.18. The van der Waals surface area contributed by atoms with Crippen molar-refractivity contribution in [2.24, 2.45) is 4.36 Å². The second-order valence-corrected chi connectivity index (χ2v) is 13.2. The number of fused-ring (bicyclic) bond motifs is 1. The molecule has 12 heteroatoms. The molecular weight excluding hydrogens is 566 g/mol. The average Bonchev–Trinajstić information content (AvgIpc) is 3.48. The van der Waals surface area contributed by atoms with Crippen LogP contribution in [0.1, 0.15) is 11.1 Å². The topological polar surface area (TPSA) is 118 Å². The number of methoxy groups -OCH3 is 1. The highest BCUT2D eigenvalue weighted by molar-refractivity contribution is 7.93. The van der Waals surface area contributed by atoms with Crippen LogP contribution in [0.3, 0.4) is 0 Å². The lowest BCUT2D eigenvalue weighted by Crippen LogP contribution is -2.40. The molecule has 0 N–H and O–H groups in total. The summed E-state index contributed by atoms with van der Waals surface area (Å²) < 4.78 is 36.4. The molecule has 0 amide bonds. The molecule has 2 aliphatic rings. The van der Waals surface area contributed by atoms with E-state index in [0.717, 1.165) is 61.1 Å². The van der Waals surface area contributed by atoms with Crippen molar-refractivity contribution in [3.8, 4) is 28.7 Å². The zero-order valence-electron chi connectivity index (χ0n) is 24.2. The third-order valence-corrected chi connectivity index (χ3v) is 10.1. The number of anilines is 1. The quantitative estimate of drug-likeness (QED) is 0.284. The number of hydrogen-bond donors (Lipinski definition) is 0. The van der Waals surface area contributed by atoms with Crippen LogP contribution in [-0.4, -0.2) is 94.9 Å². The van der Waals surface area contributed by atoms with Gasteiger partial charge in [-0.3, -0.25) is 4.90 Å². The lowest BCUT2D eigenvalue weighted by atomic mass is 10.1. The van der Waals surface area contributed by atoms with E-state index in [2.05, 4.69) is 25.3 Å². The van der Waals surface area contributed by atoms with E-state index in [9.17, 15) is 9.47 Å². The van der Waals surface area contributed by atoms with Gasteiger partial charge in [-0.05, 0) is 35.9 Å². The van der Waals surface area contributed by atoms with Gasteiger partial charge in [0.05, 0.1) is 60.1 Å². The number of nitrogens with zero attached hydrogens (tertiary/aromatic N) is 7. The molecule has 3 aromatic heterocycles. The first-order valence-corrected chi connectivity index (χ1v) is 16.3. The number of aromatic nitrogens is 3. The van der Waals surface area contributed by atoms with Gasteiger partial charge >= 0.3 is 0 Å². The van der Waals surface area contributed by atoms with Crippen molar-refractivity contribution in [2.75, 3.05) is 76.1 Å². The molecule has 6 rings (SSSR count). The second-order valence-electron chi connectivity index (χ2n) is 10.6. The van der Waals surface area contributed by atoms with Crippen molar-refractivity contribution >= 4 is 21.1 Å². The Morgan fingerprint density at radius 3 is 2.53 bits per heavy atom. The highest BCUT2D eigenvalue weighted by atomic mass is 32.2. The number of pyridine rings is 2. The monoisotopic (exact) mass is 601 g/mol. The maximum atomic E-state index is 13.4. The van der Waals surface area contributed by atoms with Crippen LogP contribution in [0.4, 0.5) is 5.82 Å². The van der Waals surface area contributed by atoms with Crippen LogP contribution in [0.2, 0.25) is 0 Å². The summed E-state index contributed by atoms with van der Waals surface area (Å²) in [6, 6.07) is 15.9. The maximum absolute atomic E-state index is 13.4. The Bertz CT molecular complexity index is 1700. The zero-order valence-corrected chi connectivity index (χ0v) is 25.0. The van der Waals surface area contributed by atoms with Gasteiger partial charge in [0.2, 0.25) is 0 Å². The fraction of sp³-hybridized carbons (Fsp3) is 0.387. The molecular formula is C31H35N7O4S. The molecule has 0 unspecified atom stereocenters. The van der Waals surface area contributed by atoms with Crippen LogP contribution in [0.15, 0.2) is 65.4 Å². The summed E-state index contributed by atoms with van der Waals surface area (Å²) in [5.74, 6) is 3.29. The molecule has 0 saturated carbocycles. The Morgan fingerprint density at radius 2 is 1.84 bits per heavy atom. The van der Waals surface area contributed by atoms with E-state index in [1.807, 2.05) is 54.9 Å². The molecule has 5 heterocycles. The highest BCUT2D eigenvalue weighted by Crippen LogP contribution is 2.31. The molecule has 0 atom stereocenters. The van der Waals surface area contributed by atoms with E-state index in [1.165, 1.54) is 0 Å². The van der Waals surface area contributed by atoms with Crippen LogP contribution in [-0.2, 0) is 21.0 Å². The van der Waals surface area contributed by atoms with Crippen molar-refractivity contribution in [2.45, 2.75) is 6.54 Å². The molecule has 11 nitrogen and oxygen atoms in total. The molecule has 224 valence electrons. The van der Waals surface area contributed by atoms with E-state index in [-0.39, 0.29) is 0 Å². The molecule has 4 aromatic rings. The molecule has 0 bridgehead atoms. The minimum atomic E-state index is -2.28. The molecule has 0 spiro atoms. The Morgan fingerprint density at radius 1 is 1.05 bits per heavy atom. The molecule has 0 aliphatic carbocycles. The van der Waals surface area contributed by atoms with Gasteiger partial charge in [-0.1, -0.05) is 12.1 Å². The standard InChI is InChI=1S/C31H35N7O4S/c1-40-27-5-2-24(3-6-27)20-35-43(39)16-11-37(12-17-43)30-7-4-25(21-33-30)29-18-28(23-38-31(29)26(19-32)22-34-38)42-15-10-36-8-13-41-14-9-36/h2-7,18,21-23H,8-17,20H2,1H3. The Kier molecular flexibility index (Phi) is 8.74. The van der Waals surface area contributed by atoms with E-state index >= 15 is 0 Å². The molecule has 2 saturated heterocycles. The fourth-order valence-electron chi connectivity index (χ4n) is 5.33. The summed E-state index contributed by atoms with van der Waals surface area (Å²) in [5.41, 5.74) is 3.91. The van der Waals surface area contributed by atoms with Crippen molar-refractivity contribution in [1.29, 1.82) is 5.26 Å². The van der Waals surface area contributed by atoms with Crippen LogP contribution in [0.5, 0.6) is 11.5 Å². The lowest BCUT2D eigenvalue weighted by Gasteiger charge is -2.29. The largest absolute Gasteiger partial charge is 0.497 e. The van der Waals surface area contributed by atoms with E-state index in [1.54, 1.807) is 17.8 Å². The van der Waals surface area contributed by atoms with Gasteiger partial charge in [0.25, 0.3) is 0 Å². The third kappa shape index (κ3) is 6.74. The van der Waals surface area contributed by atoms with E-state index < -0.39 is 9.73 Å². The summed E-state index contributed by atoms with van der Waals surface area (Å²) in [6.07, 6.45) is 5.20. The van der Waals surface area contributed by atoms with Crippen LogP contribution in [0.25, 0.3) is 16.6 Å². The van der Waals surface area contributed by atoms with Gasteiger partial charge in [-0.15, -0.1) is 0 Å². The number of benzene rings is 1. The van der Waals surface area contributed by atoms with Crippen molar-refractivity contribution < 1.29 is 18.4 Å². The normalized spacial score (nSPS) is 17.0. The van der Waals surface area contributed by atoms with Crippen molar-refractivity contribution in [3.63, 3.8) is 0 Å². The first-order valence-electron chi connectivity index (χ1n) is 14.4. The van der Waals surface area contributed by atoms with E-state index in [0.29, 0.717) is 54.6 Å². The summed E-state index contributed by atoms with van der Waals surface area (Å²) in [6.45, 7) is 6.33. The minimum absolute atomic E-state index is 0.430. The molecule has 43 heavy (non-hydrogen) atoms.